The third-order valence-electron chi connectivity index (χ3n) is 4.78. The molecule has 0 heterocycles. The number of aryl methyl sites for hydroxylation is 1. The van der Waals surface area contributed by atoms with E-state index in [0.29, 0.717) is 6.61 Å². The van der Waals surface area contributed by atoms with Crippen LogP contribution in [-0.2, 0) is 19.6 Å². The van der Waals surface area contributed by atoms with Crippen molar-refractivity contribution in [1.29, 1.82) is 0 Å². The highest BCUT2D eigenvalue weighted by atomic mass is 16.5. The van der Waals surface area contributed by atoms with E-state index in [1.165, 1.54) is 22.3 Å². The number of rotatable bonds is 10. The summed E-state index contributed by atoms with van der Waals surface area (Å²) < 4.78 is 16.5. The van der Waals surface area contributed by atoms with Crippen molar-refractivity contribution in [3.8, 4) is 17.2 Å². The lowest BCUT2D eigenvalue weighted by atomic mass is 10.1. The van der Waals surface area contributed by atoms with E-state index in [2.05, 4.69) is 54.7 Å². The van der Waals surface area contributed by atoms with Crippen LogP contribution in [0.5, 0.6) is 17.2 Å². The minimum absolute atomic E-state index is 0.588. The number of methoxy groups -OCH3 is 2. The quantitative estimate of drug-likeness (QED) is 0.498. The van der Waals surface area contributed by atoms with Gasteiger partial charge >= 0.3 is 0 Å². The first-order valence-electron chi connectivity index (χ1n) is 9.87. The standard InChI is InChI=1S/C25H29NO3/c1-19-5-4-6-22(15-19)18-29-23-10-7-21(8-11-23)17-26-14-13-20-9-12-24(27-2)25(16-20)28-3/h4-12,15-16,26H,13-14,17-18H2,1-3H3. The summed E-state index contributed by atoms with van der Waals surface area (Å²) >= 11 is 0. The van der Waals surface area contributed by atoms with E-state index in [1.54, 1.807) is 14.2 Å². The molecule has 3 rings (SSSR count). The SMILES string of the molecule is COc1ccc(CCNCc2ccc(OCc3cccc(C)c3)cc2)cc1OC. The molecule has 0 saturated carbocycles. The summed E-state index contributed by atoms with van der Waals surface area (Å²) in [6.07, 6.45) is 0.929. The fourth-order valence-electron chi connectivity index (χ4n) is 3.17. The second kappa shape index (κ2) is 10.5. The number of hydrogen-bond acceptors (Lipinski definition) is 4. The van der Waals surface area contributed by atoms with Gasteiger partial charge in [-0.1, -0.05) is 48.0 Å². The molecular weight excluding hydrogens is 362 g/mol. The lowest BCUT2D eigenvalue weighted by Crippen LogP contribution is -2.16. The summed E-state index contributed by atoms with van der Waals surface area (Å²) in [7, 11) is 3.31. The van der Waals surface area contributed by atoms with E-state index in [1.807, 2.05) is 24.3 Å². The van der Waals surface area contributed by atoms with Crippen molar-refractivity contribution in [3.63, 3.8) is 0 Å². The smallest absolute Gasteiger partial charge is 0.160 e. The molecule has 3 aromatic carbocycles. The predicted molar refractivity (Wildman–Crippen MR) is 117 cm³/mol. The maximum absolute atomic E-state index is 5.88. The third kappa shape index (κ3) is 6.26. The highest BCUT2D eigenvalue weighted by Gasteiger charge is 2.04. The largest absolute Gasteiger partial charge is 0.493 e. The van der Waals surface area contributed by atoms with Crippen molar-refractivity contribution < 1.29 is 14.2 Å². The summed E-state index contributed by atoms with van der Waals surface area (Å²) in [5, 5.41) is 3.49. The normalized spacial score (nSPS) is 10.6. The highest BCUT2D eigenvalue weighted by Crippen LogP contribution is 2.27. The Labute approximate surface area is 173 Å². The molecule has 0 bridgehead atoms. The van der Waals surface area contributed by atoms with Gasteiger partial charge in [0.05, 0.1) is 14.2 Å². The van der Waals surface area contributed by atoms with Crippen LogP contribution in [0, 0.1) is 6.92 Å². The summed E-state index contributed by atoms with van der Waals surface area (Å²) in [5.41, 5.74) is 4.89. The first-order chi connectivity index (χ1) is 14.2. The van der Waals surface area contributed by atoms with Crippen LogP contribution in [0.1, 0.15) is 22.3 Å². The molecule has 4 heteroatoms. The van der Waals surface area contributed by atoms with Gasteiger partial charge in [-0.3, -0.25) is 0 Å². The summed E-state index contributed by atoms with van der Waals surface area (Å²) in [6, 6.07) is 22.7. The van der Waals surface area contributed by atoms with E-state index in [-0.39, 0.29) is 0 Å². The zero-order valence-electron chi connectivity index (χ0n) is 17.4. The van der Waals surface area contributed by atoms with Crippen molar-refractivity contribution in [3.05, 3.63) is 89.0 Å². The van der Waals surface area contributed by atoms with Gasteiger partial charge in [-0.25, -0.2) is 0 Å². The number of hydrogen-bond donors (Lipinski definition) is 1. The van der Waals surface area contributed by atoms with Crippen molar-refractivity contribution in [2.24, 2.45) is 0 Å². The van der Waals surface area contributed by atoms with Gasteiger partial charge in [0.25, 0.3) is 0 Å². The predicted octanol–water partition coefficient (Wildman–Crippen LogP) is 4.92. The minimum Gasteiger partial charge on any atom is -0.493 e. The van der Waals surface area contributed by atoms with Gasteiger partial charge in [-0.2, -0.15) is 0 Å². The van der Waals surface area contributed by atoms with E-state index in [4.69, 9.17) is 14.2 Å². The fourth-order valence-corrected chi connectivity index (χ4v) is 3.17. The lowest BCUT2D eigenvalue weighted by molar-refractivity contribution is 0.306. The molecule has 0 aliphatic heterocycles. The molecule has 4 nitrogen and oxygen atoms in total. The van der Waals surface area contributed by atoms with Gasteiger partial charge in [0.2, 0.25) is 0 Å². The van der Waals surface area contributed by atoms with Gasteiger partial charge in [-0.05, 0) is 60.8 Å². The van der Waals surface area contributed by atoms with Crippen LogP contribution in [0.25, 0.3) is 0 Å². The molecule has 0 radical (unpaired) electrons. The summed E-state index contributed by atoms with van der Waals surface area (Å²) in [6.45, 7) is 4.40. The molecule has 0 aliphatic rings. The molecule has 0 saturated heterocycles. The van der Waals surface area contributed by atoms with Crippen molar-refractivity contribution in [2.45, 2.75) is 26.5 Å². The van der Waals surface area contributed by atoms with E-state index >= 15 is 0 Å². The minimum atomic E-state index is 0.588. The van der Waals surface area contributed by atoms with Gasteiger partial charge in [0.15, 0.2) is 11.5 Å². The zero-order valence-corrected chi connectivity index (χ0v) is 17.4. The van der Waals surface area contributed by atoms with Gasteiger partial charge in [0.1, 0.15) is 12.4 Å². The maximum atomic E-state index is 5.88. The monoisotopic (exact) mass is 391 g/mol. The average molecular weight is 392 g/mol. The zero-order chi connectivity index (χ0) is 20.5. The Bertz CT molecular complexity index is 906. The Kier molecular flexibility index (Phi) is 7.54. The third-order valence-corrected chi connectivity index (χ3v) is 4.78. The van der Waals surface area contributed by atoms with Crippen LogP contribution >= 0.6 is 0 Å². The van der Waals surface area contributed by atoms with Crippen molar-refractivity contribution in [2.75, 3.05) is 20.8 Å². The lowest BCUT2D eigenvalue weighted by Gasteiger charge is -2.10. The highest BCUT2D eigenvalue weighted by molar-refractivity contribution is 5.43. The van der Waals surface area contributed by atoms with Gasteiger partial charge in [0, 0.05) is 6.54 Å². The molecule has 0 aliphatic carbocycles. The number of nitrogens with one attached hydrogen (secondary N) is 1. The average Bonchev–Trinajstić information content (AvgIpc) is 2.76. The molecule has 1 N–H and O–H groups in total. The topological polar surface area (TPSA) is 39.7 Å². The molecule has 3 aromatic rings. The Morgan fingerprint density at radius 3 is 2.24 bits per heavy atom. The fraction of sp³-hybridized carbons (Fsp3) is 0.280. The first-order valence-corrected chi connectivity index (χ1v) is 9.87. The van der Waals surface area contributed by atoms with Crippen molar-refractivity contribution >= 4 is 0 Å². The van der Waals surface area contributed by atoms with Gasteiger partial charge in [-0.15, -0.1) is 0 Å². The first kappa shape index (κ1) is 20.7. The summed E-state index contributed by atoms with van der Waals surface area (Å²) in [4.78, 5) is 0. The molecule has 0 amide bonds. The second-order valence-corrected chi connectivity index (χ2v) is 7.04. The Morgan fingerprint density at radius 2 is 1.52 bits per heavy atom. The van der Waals surface area contributed by atoms with Crippen molar-refractivity contribution in [1.82, 2.24) is 5.32 Å². The molecule has 152 valence electrons. The molecule has 29 heavy (non-hydrogen) atoms. The van der Waals surface area contributed by atoms with Crippen LogP contribution in [0.2, 0.25) is 0 Å². The Balaban J connectivity index is 1.42. The summed E-state index contributed by atoms with van der Waals surface area (Å²) in [5.74, 6) is 2.42. The molecule has 0 fully saturated rings. The van der Waals surface area contributed by atoms with Crippen LogP contribution in [0.3, 0.4) is 0 Å². The van der Waals surface area contributed by atoms with Gasteiger partial charge < -0.3 is 19.5 Å². The molecule has 0 unspecified atom stereocenters. The van der Waals surface area contributed by atoms with E-state index in [0.717, 1.165) is 36.8 Å². The molecular formula is C25H29NO3. The van der Waals surface area contributed by atoms with E-state index in [9.17, 15) is 0 Å². The molecule has 0 atom stereocenters. The maximum Gasteiger partial charge on any atom is 0.160 e. The molecule has 0 aromatic heterocycles. The van der Waals surface area contributed by atoms with Crippen LogP contribution < -0.4 is 19.5 Å². The second-order valence-electron chi connectivity index (χ2n) is 7.04. The number of benzene rings is 3. The molecule has 0 spiro atoms. The van der Waals surface area contributed by atoms with Crippen LogP contribution in [0.4, 0.5) is 0 Å². The van der Waals surface area contributed by atoms with E-state index < -0.39 is 0 Å². The Hall–Kier alpha value is -2.98. The number of ether oxygens (including phenoxy) is 3. The van der Waals surface area contributed by atoms with Crippen LogP contribution in [-0.4, -0.2) is 20.8 Å². The van der Waals surface area contributed by atoms with Crippen LogP contribution in [0.15, 0.2) is 66.7 Å². The Morgan fingerprint density at radius 1 is 0.759 bits per heavy atom.